The molecule has 4 heteroatoms. The van der Waals surface area contributed by atoms with Crippen LogP contribution in [0.25, 0.3) is 10.8 Å². The van der Waals surface area contributed by atoms with E-state index in [-0.39, 0.29) is 6.17 Å². The van der Waals surface area contributed by atoms with E-state index in [0.717, 1.165) is 16.6 Å². The molecule has 0 aromatic heterocycles. The second-order valence-electron chi connectivity index (χ2n) is 5.04. The van der Waals surface area contributed by atoms with Crippen LogP contribution >= 0.6 is 11.6 Å². The molecule has 0 fully saturated rings. The molecule has 3 rings (SSSR count). The Labute approximate surface area is 134 Å². The maximum Gasteiger partial charge on any atom is 0.137 e. The van der Waals surface area contributed by atoms with Crippen LogP contribution < -0.4 is 15.8 Å². The summed E-state index contributed by atoms with van der Waals surface area (Å²) in [6.07, 6.45) is -0.324. The van der Waals surface area contributed by atoms with E-state index in [1.165, 1.54) is 5.39 Å². The molecule has 3 aromatic rings. The Hall–Kier alpha value is -2.23. The molecule has 1 unspecified atom stereocenters. The van der Waals surface area contributed by atoms with Crippen LogP contribution in [0.3, 0.4) is 0 Å². The third-order valence-corrected chi connectivity index (χ3v) is 3.93. The minimum Gasteiger partial charge on any atom is -0.495 e. The molecule has 0 heterocycles. The highest BCUT2D eigenvalue weighted by atomic mass is 35.5. The summed E-state index contributed by atoms with van der Waals surface area (Å²) in [5, 5.41) is 6.15. The Bertz CT molecular complexity index is 799. The molecule has 0 aliphatic rings. The topological polar surface area (TPSA) is 47.3 Å². The third kappa shape index (κ3) is 2.86. The van der Waals surface area contributed by atoms with Gasteiger partial charge in [-0.2, -0.15) is 0 Å². The predicted molar refractivity (Wildman–Crippen MR) is 92.5 cm³/mol. The van der Waals surface area contributed by atoms with Gasteiger partial charge in [-0.15, -0.1) is 0 Å². The Morgan fingerprint density at radius 1 is 1.05 bits per heavy atom. The van der Waals surface area contributed by atoms with Crippen molar-refractivity contribution in [2.24, 2.45) is 5.73 Å². The van der Waals surface area contributed by atoms with Crippen molar-refractivity contribution in [2.75, 3.05) is 12.4 Å². The third-order valence-electron chi connectivity index (χ3n) is 3.63. The van der Waals surface area contributed by atoms with E-state index >= 15 is 0 Å². The molecule has 0 aliphatic carbocycles. The summed E-state index contributed by atoms with van der Waals surface area (Å²) in [6, 6.07) is 19.9. The van der Waals surface area contributed by atoms with E-state index in [0.29, 0.717) is 10.8 Å². The van der Waals surface area contributed by atoms with Crippen molar-refractivity contribution in [1.82, 2.24) is 0 Å². The molecule has 0 amide bonds. The van der Waals surface area contributed by atoms with Crippen molar-refractivity contribution in [3.8, 4) is 5.75 Å². The van der Waals surface area contributed by atoms with Gasteiger partial charge in [0.05, 0.1) is 12.1 Å². The standard InChI is InChI=1S/C18H17ClN2O/c1-22-17-10-9-13(11-16(17)19)21-18(20)15-8-4-6-12-5-2-3-7-14(12)15/h2-11,18,21H,20H2,1H3. The first-order chi connectivity index (χ1) is 10.7. The van der Waals surface area contributed by atoms with Crippen LogP contribution in [-0.4, -0.2) is 7.11 Å². The second kappa shape index (κ2) is 6.26. The number of rotatable bonds is 4. The van der Waals surface area contributed by atoms with Crippen molar-refractivity contribution < 1.29 is 4.74 Å². The molecule has 0 saturated heterocycles. The first kappa shape index (κ1) is 14.7. The van der Waals surface area contributed by atoms with Crippen molar-refractivity contribution in [2.45, 2.75) is 6.17 Å². The second-order valence-corrected chi connectivity index (χ2v) is 5.45. The number of anilines is 1. The number of halogens is 1. The quantitative estimate of drug-likeness (QED) is 0.694. The Morgan fingerprint density at radius 2 is 1.82 bits per heavy atom. The van der Waals surface area contributed by atoms with Gasteiger partial charge < -0.3 is 15.8 Å². The number of fused-ring (bicyclic) bond motifs is 1. The molecular formula is C18H17ClN2O. The lowest BCUT2D eigenvalue weighted by Crippen LogP contribution is -2.20. The smallest absolute Gasteiger partial charge is 0.137 e. The summed E-state index contributed by atoms with van der Waals surface area (Å²) in [6.45, 7) is 0. The highest BCUT2D eigenvalue weighted by Crippen LogP contribution is 2.29. The molecule has 3 N–H and O–H groups in total. The minimum absolute atomic E-state index is 0.324. The zero-order valence-corrected chi connectivity index (χ0v) is 13.0. The predicted octanol–water partition coefficient (Wildman–Crippen LogP) is 4.57. The lowest BCUT2D eigenvalue weighted by Gasteiger charge is -2.18. The molecule has 0 bridgehead atoms. The van der Waals surface area contributed by atoms with Crippen LogP contribution in [0.15, 0.2) is 60.7 Å². The first-order valence-electron chi connectivity index (χ1n) is 7.02. The highest BCUT2D eigenvalue weighted by molar-refractivity contribution is 6.32. The largest absolute Gasteiger partial charge is 0.495 e. The Kier molecular flexibility index (Phi) is 4.18. The van der Waals surface area contributed by atoms with Crippen molar-refractivity contribution >= 4 is 28.1 Å². The van der Waals surface area contributed by atoms with Crippen LogP contribution in [0.5, 0.6) is 5.75 Å². The Balaban J connectivity index is 1.90. The van der Waals surface area contributed by atoms with E-state index in [9.17, 15) is 0 Å². The normalized spacial score (nSPS) is 12.1. The fraction of sp³-hybridized carbons (Fsp3) is 0.111. The number of methoxy groups -OCH3 is 1. The maximum atomic E-state index is 6.33. The highest BCUT2D eigenvalue weighted by Gasteiger charge is 2.10. The van der Waals surface area contributed by atoms with Gasteiger partial charge in [0.1, 0.15) is 11.9 Å². The van der Waals surface area contributed by atoms with E-state index in [1.807, 2.05) is 42.5 Å². The molecule has 112 valence electrons. The molecule has 3 aromatic carbocycles. The number of nitrogens with two attached hydrogens (primary N) is 1. The summed E-state index contributed by atoms with van der Waals surface area (Å²) >= 11 is 6.15. The number of nitrogens with one attached hydrogen (secondary N) is 1. The molecule has 1 atom stereocenters. The average molecular weight is 313 g/mol. The summed E-state index contributed by atoms with van der Waals surface area (Å²) in [7, 11) is 1.59. The molecule has 22 heavy (non-hydrogen) atoms. The minimum atomic E-state index is -0.324. The average Bonchev–Trinajstić information content (AvgIpc) is 2.54. The van der Waals surface area contributed by atoms with Gasteiger partial charge in [-0.3, -0.25) is 0 Å². The molecule has 0 saturated carbocycles. The Morgan fingerprint density at radius 3 is 2.59 bits per heavy atom. The molecular weight excluding hydrogens is 296 g/mol. The van der Waals surface area contributed by atoms with Gasteiger partial charge in [-0.25, -0.2) is 0 Å². The van der Waals surface area contributed by atoms with E-state index in [1.54, 1.807) is 7.11 Å². The van der Waals surface area contributed by atoms with Gasteiger partial charge in [-0.05, 0) is 34.5 Å². The van der Waals surface area contributed by atoms with Crippen LogP contribution in [-0.2, 0) is 0 Å². The van der Waals surface area contributed by atoms with Gasteiger partial charge in [0.25, 0.3) is 0 Å². The fourth-order valence-electron chi connectivity index (χ4n) is 2.54. The van der Waals surface area contributed by atoms with Crippen LogP contribution in [0.4, 0.5) is 5.69 Å². The lowest BCUT2D eigenvalue weighted by molar-refractivity contribution is 0.415. The van der Waals surface area contributed by atoms with Crippen molar-refractivity contribution in [1.29, 1.82) is 0 Å². The van der Waals surface area contributed by atoms with E-state index < -0.39 is 0 Å². The van der Waals surface area contributed by atoms with Gasteiger partial charge >= 0.3 is 0 Å². The molecule has 0 spiro atoms. The fourth-order valence-corrected chi connectivity index (χ4v) is 2.79. The van der Waals surface area contributed by atoms with E-state index in [2.05, 4.69) is 23.5 Å². The van der Waals surface area contributed by atoms with Crippen LogP contribution in [0.2, 0.25) is 5.02 Å². The summed E-state index contributed by atoms with van der Waals surface area (Å²) in [5.74, 6) is 0.644. The number of hydrogen-bond acceptors (Lipinski definition) is 3. The van der Waals surface area contributed by atoms with Crippen molar-refractivity contribution in [3.63, 3.8) is 0 Å². The summed E-state index contributed by atoms with van der Waals surface area (Å²) in [5.41, 5.74) is 8.23. The number of benzene rings is 3. The van der Waals surface area contributed by atoms with Gasteiger partial charge in [0.2, 0.25) is 0 Å². The van der Waals surface area contributed by atoms with Crippen LogP contribution in [0.1, 0.15) is 11.7 Å². The zero-order valence-electron chi connectivity index (χ0n) is 12.2. The number of hydrogen-bond donors (Lipinski definition) is 2. The van der Waals surface area contributed by atoms with Gasteiger partial charge in [-0.1, -0.05) is 54.1 Å². The first-order valence-corrected chi connectivity index (χ1v) is 7.40. The summed E-state index contributed by atoms with van der Waals surface area (Å²) < 4.78 is 5.16. The molecule has 0 aliphatic heterocycles. The SMILES string of the molecule is COc1ccc(NC(N)c2cccc3ccccc23)cc1Cl. The van der Waals surface area contributed by atoms with Crippen LogP contribution in [0, 0.1) is 0 Å². The van der Waals surface area contributed by atoms with E-state index in [4.69, 9.17) is 22.1 Å². The zero-order chi connectivity index (χ0) is 15.5. The summed E-state index contributed by atoms with van der Waals surface area (Å²) in [4.78, 5) is 0. The van der Waals surface area contributed by atoms with Gasteiger partial charge in [0, 0.05) is 5.69 Å². The maximum absolute atomic E-state index is 6.33. The monoisotopic (exact) mass is 312 g/mol. The van der Waals surface area contributed by atoms with Gasteiger partial charge in [0.15, 0.2) is 0 Å². The molecule has 0 radical (unpaired) electrons. The lowest BCUT2D eigenvalue weighted by atomic mass is 10.0. The number of ether oxygens (including phenoxy) is 1. The van der Waals surface area contributed by atoms with Crippen molar-refractivity contribution in [3.05, 3.63) is 71.2 Å². The molecule has 3 nitrogen and oxygen atoms in total.